The van der Waals surface area contributed by atoms with Crippen molar-refractivity contribution >= 4 is 5.57 Å². The Labute approximate surface area is 195 Å². The summed E-state index contributed by atoms with van der Waals surface area (Å²) >= 11 is 0. The maximum absolute atomic E-state index is 9.54. The largest absolute Gasteiger partial charge is 0.508 e. The number of ether oxygens (including phenoxy) is 2. The van der Waals surface area contributed by atoms with Crippen LogP contribution in [0.1, 0.15) is 47.6 Å². The van der Waals surface area contributed by atoms with E-state index in [1.54, 1.807) is 19.2 Å². The molecule has 5 nitrogen and oxygen atoms in total. The van der Waals surface area contributed by atoms with Gasteiger partial charge in [0.15, 0.2) is 0 Å². The van der Waals surface area contributed by atoms with Crippen molar-refractivity contribution in [2.75, 3.05) is 26.7 Å². The number of hydrogen-bond acceptors (Lipinski definition) is 5. The van der Waals surface area contributed by atoms with E-state index in [-0.39, 0.29) is 0 Å². The van der Waals surface area contributed by atoms with Crippen LogP contribution in [0.5, 0.6) is 17.2 Å². The van der Waals surface area contributed by atoms with Gasteiger partial charge in [-0.2, -0.15) is 0 Å². The number of pyridine rings is 1. The number of fused-ring (bicyclic) bond motifs is 2. The molecule has 1 saturated heterocycles. The molecule has 0 atom stereocenters. The zero-order chi connectivity index (χ0) is 22.6. The summed E-state index contributed by atoms with van der Waals surface area (Å²) in [6.07, 6.45) is 7.43. The number of methoxy groups -OCH3 is 1. The van der Waals surface area contributed by atoms with E-state index in [0.717, 1.165) is 67.2 Å². The van der Waals surface area contributed by atoms with Gasteiger partial charge in [0, 0.05) is 23.9 Å². The van der Waals surface area contributed by atoms with E-state index in [0.29, 0.717) is 18.3 Å². The molecule has 3 heterocycles. The lowest BCUT2D eigenvalue weighted by Crippen LogP contribution is -2.33. The Balaban J connectivity index is 1.30. The lowest BCUT2D eigenvalue weighted by atomic mass is 9.89. The third-order valence-electron chi connectivity index (χ3n) is 6.77. The van der Waals surface area contributed by atoms with Crippen LogP contribution in [0.3, 0.4) is 0 Å². The number of aromatic hydroxyl groups is 1. The maximum Gasteiger partial charge on any atom is 0.131 e. The molecule has 1 N–H and O–H groups in total. The van der Waals surface area contributed by atoms with Crippen molar-refractivity contribution in [3.63, 3.8) is 0 Å². The van der Waals surface area contributed by atoms with Gasteiger partial charge < -0.3 is 19.5 Å². The lowest BCUT2D eigenvalue weighted by Gasteiger charge is -2.32. The molecule has 0 saturated carbocycles. The molecule has 0 spiro atoms. The highest BCUT2D eigenvalue weighted by atomic mass is 16.5. The highest BCUT2D eigenvalue weighted by Gasteiger charge is 2.22. The zero-order valence-electron chi connectivity index (χ0n) is 19.0. The minimum Gasteiger partial charge on any atom is -0.508 e. The summed E-state index contributed by atoms with van der Waals surface area (Å²) in [5.41, 5.74) is 5.67. The van der Waals surface area contributed by atoms with Crippen LogP contribution in [-0.2, 0) is 6.61 Å². The summed E-state index contributed by atoms with van der Waals surface area (Å²) in [6.45, 7) is 3.69. The minimum absolute atomic E-state index is 0.337. The van der Waals surface area contributed by atoms with Gasteiger partial charge in [0.25, 0.3) is 0 Å². The second-order valence-corrected chi connectivity index (χ2v) is 8.76. The molecule has 0 radical (unpaired) electrons. The first-order valence-electron chi connectivity index (χ1n) is 11.7. The van der Waals surface area contributed by atoms with Gasteiger partial charge >= 0.3 is 0 Å². The molecule has 2 aliphatic rings. The van der Waals surface area contributed by atoms with Crippen molar-refractivity contribution in [1.82, 2.24) is 9.88 Å². The van der Waals surface area contributed by atoms with E-state index >= 15 is 0 Å². The number of aromatic nitrogens is 1. The Morgan fingerprint density at radius 2 is 1.91 bits per heavy atom. The fraction of sp³-hybridized carbons (Fsp3) is 0.321. The fourth-order valence-corrected chi connectivity index (χ4v) is 4.91. The number of benzene rings is 2. The van der Waals surface area contributed by atoms with Crippen LogP contribution in [0.15, 0.2) is 66.9 Å². The monoisotopic (exact) mass is 442 g/mol. The highest BCUT2D eigenvalue weighted by molar-refractivity contribution is 5.85. The number of phenols is 1. The Morgan fingerprint density at radius 3 is 2.70 bits per heavy atom. The van der Waals surface area contributed by atoms with Crippen molar-refractivity contribution in [3.05, 3.63) is 89.3 Å². The first-order chi connectivity index (χ1) is 16.2. The topological polar surface area (TPSA) is 54.8 Å². The smallest absolute Gasteiger partial charge is 0.131 e. The van der Waals surface area contributed by atoms with Crippen LogP contribution in [0.25, 0.3) is 5.57 Å². The van der Waals surface area contributed by atoms with Crippen molar-refractivity contribution < 1.29 is 14.6 Å². The molecule has 3 aromatic rings. The third kappa shape index (κ3) is 4.74. The van der Waals surface area contributed by atoms with Crippen molar-refractivity contribution in [3.8, 4) is 17.2 Å². The molecule has 0 bridgehead atoms. The van der Waals surface area contributed by atoms with Crippen molar-refractivity contribution in [2.24, 2.45) is 0 Å². The van der Waals surface area contributed by atoms with Crippen LogP contribution >= 0.6 is 0 Å². The highest BCUT2D eigenvalue weighted by Crippen LogP contribution is 2.38. The molecule has 2 aromatic carbocycles. The van der Waals surface area contributed by atoms with E-state index < -0.39 is 0 Å². The van der Waals surface area contributed by atoms with Gasteiger partial charge in [-0.1, -0.05) is 24.3 Å². The van der Waals surface area contributed by atoms with Gasteiger partial charge in [0.1, 0.15) is 23.9 Å². The summed E-state index contributed by atoms with van der Waals surface area (Å²) in [5.74, 6) is 2.61. The quantitative estimate of drug-likeness (QED) is 0.574. The lowest BCUT2D eigenvalue weighted by molar-refractivity contribution is 0.216. The average molecular weight is 443 g/mol. The van der Waals surface area contributed by atoms with Gasteiger partial charge in [0.2, 0.25) is 0 Å². The number of hydrogen-bond donors (Lipinski definition) is 1. The third-order valence-corrected chi connectivity index (χ3v) is 6.77. The average Bonchev–Trinajstić information content (AvgIpc) is 3.02. The summed E-state index contributed by atoms with van der Waals surface area (Å²) < 4.78 is 11.6. The second kappa shape index (κ2) is 9.67. The summed E-state index contributed by atoms with van der Waals surface area (Å²) in [5, 5.41) is 9.54. The number of nitrogens with zero attached hydrogens (tertiary/aromatic N) is 2. The predicted octanol–water partition coefficient (Wildman–Crippen LogP) is 5.39. The van der Waals surface area contributed by atoms with Gasteiger partial charge in [-0.3, -0.25) is 4.98 Å². The van der Waals surface area contributed by atoms with Gasteiger partial charge in [-0.15, -0.1) is 0 Å². The standard InChI is InChI=1S/C28H30N2O3/c1-32-23-10-11-28-26(18-23)24(25-4-2-14-29-27(25)19-33-28)5-3-15-30-16-12-21(13-17-30)20-6-8-22(31)9-7-20/h2,4-11,14,18,21,31H,3,12-13,15-17,19H2,1H3/b24-5+. The van der Waals surface area contributed by atoms with E-state index in [9.17, 15) is 5.11 Å². The van der Waals surface area contributed by atoms with Crippen molar-refractivity contribution in [1.29, 1.82) is 0 Å². The Bertz CT molecular complexity index is 1130. The molecular formula is C28H30N2O3. The molecule has 5 heteroatoms. The van der Waals surface area contributed by atoms with Crippen molar-refractivity contribution in [2.45, 2.75) is 31.8 Å². The molecular weight excluding hydrogens is 412 g/mol. The number of piperidine rings is 1. The minimum atomic E-state index is 0.337. The fourth-order valence-electron chi connectivity index (χ4n) is 4.91. The normalized spacial score (nSPS) is 17.7. The van der Waals surface area contributed by atoms with Crippen LogP contribution in [0.4, 0.5) is 0 Å². The molecule has 5 rings (SSSR count). The first-order valence-corrected chi connectivity index (χ1v) is 11.7. The molecule has 170 valence electrons. The molecule has 2 aliphatic heterocycles. The Morgan fingerprint density at radius 1 is 1.09 bits per heavy atom. The summed E-state index contributed by atoms with van der Waals surface area (Å²) in [7, 11) is 1.69. The maximum atomic E-state index is 9.54. The number of phenolic OH excluding ortho intramolecular Hbond substituents is 1. The van der Waals surface area contributed by atoms with Crippen LogP contribution in [-0.4, -0.2) is 41.7 Å². The molecule has 1 aromatic heterocycles. The first kappa shape index (κ1) is 21.5. The summed E-state index contributed by atoms with van der Waals surface area (Å²) in [6, 6.07) is 17.8. The summed E-state index contributed by atoms with van der Waals surface area (Å²) in [4.78, 5) is 7.13. The Hall–Kier alpha value is -3.31. The van der Waals surface area contributed by atoms with E-state index in [1.807, 2.05) is 24.4 Å². The zero-order valence-corrected chi connectivity index (χ0v) is 19.0. The van der Waals surface area contributed by atoms with Crippen LogP contribution in [0.2, 0.25) is 0 Å². The van der Waals surface area contributed by atoms with Gasteiger partial charge in [-0.05, 0) is 85.8 Å². The molecule has 0 unspecified atom stereocenters. The molecule has 0 aliphatic carbocycles. The van der Waals surface area contributed by atoms with Gasteiger partial charge in [-0.25, -0.2) is 0 Å². The molecule has 0 amide bonds. The van der Waals surface area contributed by atoms with Gasteiger partial charge in [0.05, 0.1) is 12.8 Å². The second-order valence-electron chi connectivity index (χ2n) is 8.76. The molecule has 33 heavy (non-hydrogen) atoms. The number of likely N-dealkylation sites (tertiary alicyclic amines) is 1. The van der Waals surface area contributed by atoms with Crippen LogP contribution in [0, 0.1) is 0 Å². The Kier molecular flexibility index (Phi) is 6.31. The molecule has 1 fully saturated rings. The predicted molar refractivity (Wildman–Crippen MR) is 130 cm³/mol. The van der Waals surface area contributed by atoms with Crippen LogP contribution < -0.4 is 9.47 Å². The van der Waals surface area contributed by atoms with E-state index in [4.69, 9.17) is 9.47 Å². The number of rotatable bonds is 5. The van der Waals surface area contributed by atoms with E-state index in [2.05, 4.69) is 40.2 Å². The SMILES string of the molecule is COc1ccc2c(c1)/C(=C/CCN1CCC(c3ccc(O)cc3)CC1)c1cccnc1CO2. The van der Waals surface area contributed by atoms with E-state index in [1.165, 1.54) is 11.1 Å².